The van der Waals surface area contributed by atoms with E-state index in [0.29, 0.717) is 17.2 Å². The van der Waals surface area contributed by atoms with Crippen LogP contribution in [-0.2, 0) is 0 Å². The molecule has 0 aliphatic rings. The van der Waals surface area contributed by atoms with E-state index in [1.165, 1.54) is 5.56 Å². The molecular weight excluding hydrogens is 408 g/mol. The number of nitrogens with zero attached hydrogens (tertiary/aromatic N) is 5. The van der Waals surface area contributed by atoms with E-state index in [1.807, 2.05) is 30.6 Å². The largest absolute Gasteiger partial charge is 0.354 e. The first-order valence-corrected chi connectivity index (χ1v) is 11.4. The predicted octanol–water partition coefficient (Wildman–Crippen LogP) is 5.83. The second-order valence-electron chi connectivity index (χ2n) is 8.30. The molecule has 2 atom stereocenters. The van der Waals surface area contributed by atoms with E-state index in [-0.39, 0.29) is 5.92 Å². The second kappa shape index (κ2) is 10.7. The van der Waals surface area contributed by atoms with Crippen molar-refractivity contribution in [2.24, 2.45) is 10.9 Å². The van der Waals surface area contributed by atoms with Gasteiger partial charge in [-0.3, -0.25) is 4.99 Å². The van der Waals surface area contributed by atoms with E-state index in [9.17, 15) is 5.26 Å². The second-order valence-corrected chi connectivity index (χ2v) is 8.30. The number of aromatic nitrogens is 3. The fraction of sp³-hybridized carbons (Fsp3) is 0.333. The lowest BCUT2D eigenvalue weighted by molar-refractivity contribution is 0.699. The zero-order chi connectivity index (χ0) is 24.0. The van der Waals surface area contributed by atoms with Gasteiger partial charge in [-0.2, -0.15) is 10.4 Å². The minimum Gasteiger partial charge on any atom is -0.354 e. The molecule has 0 saturated carbocycles. The normalized spacial score (nSPS) is 14.1. The Morgan fingerprint density at radius 2 is 2.06 bits per heavy atom. The van der Waals surface area contributed by atoms with Crippen LogP contribution in [0.2, 0.25) is 0 Å². The molecule has 6 nitrogen and oxygen atoms in total. The first-order valence-electron chi connectivity index (χ1n) is 11.4. The van der Waals surface area contributed by atoms with E-state index < -0.39 is 0 Å². The molecule has 1 aromatic carbocycles. The van der Waals surface area contributed by atoms with Crippen LogP contribution in [0.1, 0.15) is 68.7 Å². The number of nitriles is 1. The van der Waals surface area contributed by atoms with Gasteiger partial charge in [0.25, 0.3) is 0 Å². The monoisotopic (exact) mass is 440 g/mol. The first-order chi connectivity index (χ1) is 15.9. The van der Waals surface area contributed by atoms with Gasteiger partial charge in [0.1, 0.15) is 0 Å². The minimum atomic E-state index is 0.233. The van der Waals surface area contributed by atoms with Gasteiger partial charge >= 0.3 is 0 Å². The highest BCUT2D eigenvalue weighted by atomic mass is 15.2. The van der Waals surface area contributed by atoms with Gasteiger partial charge < -0.3 is 5.32 Å². The van der Waals surface area contributed by atoms with Crippen molar-refractivity contribution >= 4 is 23.1 Å². The third-order valence-electron chi connectivity index (χ3n) is 6.16. The average molecular weight is 441 g/mol. The minimum absolute atomic E-state index is 0.233. The third kappa shape index (κ3) is 5.04. The zero-order valence-electron chi connectivity index (χ0n) is 20.1. The average Bonchev–Trinajstić information content (AvgIpc) is 3.28. The Kier molecular flexibility index (Phi) is 7.78. The van der Waals surface area contributed by atoms with E-state index in [0.717, 1.165) is 40.9 Å². The highest BCUT2D eigenvalue weighted by Gasteiger charge is 2.21. The lowest BCUT2D eigenvalue weighted by Crippen LogP contribution is -2.18. The number of hydrogen-bond acceptors (Lipinski definition) is 5. The summed E-state index contributed by atoms with van der Waals surface area (Å²) in [5.41, 5.74) is 7.23. The number of nitrogens with one attached hydrogen (secondary N) is 1. The number of aliphatic imine (C=N–C) groups is 1. The van der Waals surface area contributed by atoms with Gasteiger partial charge in [0.05, 0.1) is 29.1 Å². The summed E-state index contributed by atoms with van der Waals surface area (Å²) in [5, 5.41) is 17.5. The Morgan fingerprint density at radius 1 is 1.27 bits per heavy atom. The van der Waals surface area contributed by atoms with Crippen LogP contribution in [0.5, 0.6) is 0 Å². The summed E-state index contributed by atoms with van der Waals surface area (Å²) < 4.78 is 1.73. The molecule has 0 radical (unpaired) electrons. The molecule has 0 spiro atoms. The molecule has 0 amide bonds. The molecule has 0 aliphatic heterocycles. The Morgan fingerprint density at radius 3 is 2.73 bits per heavy atom. The quantitative estimate of drug-likeness (QED) is 0.424. The fourth-order valence-electron chi connectivity index (χ4n) is 3.96. The molecule has 6 heteroatoms. The molecule has 3 rings (SSSR count). The van der Waals surface area contributed by atoms with Gasteiger partial charge in [-0.1, -0.05) is 40.3 Å². The Balaban J connectivity index is 2.20. The molecule has 0 saturated heterocycles. The van der Waals surface area contributed by atoms with Gasteiger partial charge in [-0.25, -0.2) is 9.50 Å². The van der Waals surface area contributed by atoms with E-state index in [1.54, 1.807) is 24.0 Å². The summed E-state index contributed by atoms with van der Waals surface area (Å²) in [5.74, 6) is 0.593. The maximum absolute atomic E-state index is 9.60. The zero-order valence-corrected chi connectivity index (χ0v) is 20.1. The maximum Gasteiger partial charge on any atom is 0.164 e. The molecule has 0 fully saturated rings. The van der Waals surface area contributed by atoms with Crippen molar-refractivity contribution in [2.45, 2.75) is 46.5 Å². The van der Waals surface area contributed by atoms with Gasteiger partial charge in [0.2, 0.25) is 0 Å². The Bertz CT molecular complexity index is 1240. The van der Waals surface area contributed by atoms with Crippen molar-refractivity contribution in [2.75, 3.05) is 7.05 Å². The van der Waals surface area contributed by atoms with Crippen LogP contribution in [0, 0.1) is 17.2 Å². The molecule has 3 aromatic rings. The van der Waals surface area contributed by atoms with Crippen LogP contribution in [0.25, 0.3) is 16.9 Å². The standard InChI is InChI=1S/C27H32N6/c1-7-18(3)22-11-10-21(15-28)14-23(22)26(19(4)8-2)25(17-29-6)32-20(5)24-16-31-33-13-9-12-30-27(24)33/h9-14,16-19,32H,5,7-8H2,1-4,6H3/b26-25-,29-17?. The van der Waals surface area contributed by atoms with Gasteiger partial charge in [0.15, 0.2) is 5.65 Å². The van der Waals surface area contributed by atoms with Crippen LogP contribution in [0.4, 0.5) is 0 Å². The Labute approximate surface area is 196 Å². The van der Waals surface area contributed by atoms with Crippen LogP contribution >= 0.6 is 0 Å². The van der Waals surface area contributed by atoms with Crippen molar-refractivity contribution in [3.8, 4) is 6.07 Å². The number of benzene rings is 1. The molecule has 2 aromatic heterocycles. The van der Waals surface area contributed by atoms with E-state index >= 15 is 0 Å². The summed E-state index contributed by atoms with van der Waals surface area (Å²) in [6.45, 7) is 13.1. The topological polar surface area (TPSA) is 78.4 Å². The van der Waals surface area contributed by atoms with E-state index in [4.69, 9.17) is 0 Å². The number of hydrogen-bond donors (Lipinski definition) is 1. The molecule has 0 aliphatic carbocycles. The van der Waals surface area contributed by atoms with E-state index in [2.05, 4.69) is 66.8 Å². The third-order valence-corrected chi connectivity index (χ3v) is 6.16. The smallest absolute Gasteiger partial charge is 0.164 e. The van der Waals surface area contributed by atoms with Gasteiger partial charge in [-0.15, -0.1) is 0 Å². The van der Waals surface area contributed by atoms with Crippen LogP contribution in [-0.4, -0.2) is 27.9 Å². The van der Waals surface area contributed by atoms with Crippen molar-refractivity contribution in [3.05, 3.63) is 77.4 Å². The summed E-state index contributed by atoms with van der Waals surface area (Å²) in [6, 6.07) is 10.2. The molecule has 0 bridgehead atoms. The lowest BCUT2D eigenvalue weighted by atomic mass is 9.82. The SMILES string of the molecule is C=C(N/C(C=NC)=C(\c1cc(C#N)ccc1C(C)CC)C(C)CC)c1cnn2cccnc12. The summed E-state index contributed by atoms with van der Waals surface area (Å²) in [6.07, 6.45) is 9.17. The highest BCUT2D eigenvalue weighted by molar-refractivity contribution is 5.94. The number of fused-ring (bicyclic) bond motifs is 1. The molecule has 33 heavy (non-hydrogen) atoms. The van der Waals surface area contributed by atoms with Crippen molar-refractivity contribution in [1.29, 1.82) is 5.26 Å². The molecular formula is C27H32N6. The van der Waals surface area contributed by atoms with Gasteiger partial charge in [0, 0.05) is 31.4 Å². The predicted molar refractivity (Wildman–Crippen MR) is 136 cm³/mol. The Hall–Kier alpha value is -3.72. The summed E-state index contributed by atoms with van der Waals surface area (Å²) in [7, 11) is 1.76. The fourth-order valence-corrected chi connectivity index (χ4v) is 3.96. The van der Waals surface area contributed by atoms with Crippen LogP contribution in [0.3, 0.4) is 0 Å². The highest BCUT2D eigenvalue weighted by Crippen LogP contribution is 2.36. The molecule has 170 valence electrons. The molecule has 1 N–H and O–H groups in total. The summed E-state index contributed by atoms with van der Waals surface area (Å²) >= 11 is 0. The maximum atomic E-state index is 9.60. The van der Waals surface area contributed by atoms with Crippen LogP contribution in [0.15, 0.2) is 60.1 Å². The van der Waals surface area contributed by atoms with Gasteiger partial charge in [-0.05, 0) is 59.6 Å². The van der Waals surface area contributed by atoms with Crippen molar-refractivity contribution in [3.63, 3.8) is 0 Å². The lowest BCUT2D eigenvalue weighted by Gasteiger charge is -2.25. The van der Waals surface area contributed by atoms with Crippen LogP contribution < -0.4 is 5.32 Å². The first kappa shape index (κ1) is 23.9. The summed E-state index contributed by atoms with van der Waals surface area (Å²) in [4.78, 5) is 8.80. The molecule has 2 unspecified atom stereocenters. The number of rotatable bonds is 9. The van der Waals surface area contributed by atoms with Crippen molar-refractivity contribution < 1.29 is 0 Å². The molecule has 2 heterocycles. The number of allylic oxidation sites excluding steroid dienone is 2. The van der Waals surface area contributed by atoms with Crippen molar-refractivity contribution in [1.82, 2.24) is 19.9 Å².